The van der Waals surface area contributed by atoms with Gasteiger partial charge in [-0.25, -0.2) is 4.98 Å². The number of fused-ring (bicyclic) bond motifs is 10. The van der Waals surface area contributed by atoms with Crippen molar-refractivity contribution in [3.63, 3.8) is 0 Å². The second-order valence-electron chi connectivity index (χ2n) is 13.5. The third kappa shape index (κ3) is 4.53. The lowest BCUT2D eigenvalue weighted by Crippen LogP contribution is -1.92. The molecular formula is C49H29NOS. The second-order valence-corrected chi connectivity index (χ2v) is 14.5. The largest absolute Gasteiger partial charge is 0.455 e. The molecule has 11 aromatic rings. The number of thiophene rings is 1. The van der Waals surface area contributed by atoms with E-state index in [1.54, 1.807) is 0 Å². The Morgan fingerprint density at radius 1 is 0.404 bits per heavy atom. The van der Waals surface area contributed by atoms with Gasteiger partial charge in [0.1, 0.15) is 11.2 Å². The SMILES string of the molecule is c1ccc(-c2nc(-c3cccc(-c4ccc5oc6c(-c7ccccc7)cccc6c5c4)c3)cc3c2ccc2sc4ccc5ccccc5c4c23)cc1. The Balaban J connectivity index is 1.12. The van der Waals surface area contributed by atoms with E-state index in [1.165, 1.54) is 41.7 Å². The van der Waals surface area contributed by atoms with Gasteiger partial charge in [0, 0.05) is 53.0 Å². The highest BCUT2D eigenvalue weighted by Crippen LogP contribution is 2.45. The van der Waals surface area contributed by atoms with Gasteiger partial charge in [0.25, 0.3) is 0 Å². The predicted octanol–water partition coefficient (Wildman–Crippen LogP) is 14.3. The van der Waals surface area contributed by atoms with E-state index in [2.05, 4.69) is 170 Å². The van der Waals surface area contributed by atoms with Crippen LogP contribution in [0.2, 0.25) is 0 Å². The first kappa shape index (κ1) is 29.2. The molecule has 0 saturated carbocycles. The average Bonchev–Trinajstić information content (AvgIpc) is 3.80. The Morgan fingerprint density at radius 3 is 1.94 bits per heavy atom. The van der Waals surface area contributed by atoms with E-state index in [9.17, 15) is 0 Å². The predicted molar refractivity (Wildman–Crippen MR) is 221 cm³/mol. The number of rotatable bonds is 4. The monoisotopic (exact) mass is 679 g/mol. The van der Waals surface area contributed by atoms with Gasteiger partial charge in [-0.05, 0) is 69.2 Å². The van der Waals surface area contributed by atoms with E-state index in [4.69, 9.17) is 9.40 Å². The lowest BCUT2D eigenvalue weighted by molar-refractivity contribution is 0.670. The summed E-state index contributed by atoms with van der Waals surface area (Å²) in [7, 11) is 0. The molecule has 8 aromatic carbocycles. The Hall–Kier alpha value is -6.55. The lowest BCUT2D eigenvalue weighted by atomic mass is 9.95. The van der Waals surface area contributed by atoms with Crippen LogP contribution in [0.25, 0.3) is 108 Å². The minimum absolute atomic E-state index is 0.890. The molecule has 0 saturated heterocycles. The molecule has 3 aromatic heterocycles. The molecule has 0 radical (unpaired) electrons. The highest BCUT2D eigenvalue weighted by molar-refractivity contribution is 7.26. The number of hydrogen-bond acceptors (Lipinski definition) is 3. The molecule has 0 spiro atoms. The second kappa shape index (κ2) is 11.5. The maximum Gasteiger partial charge on any atom is 0.143 e. The fourth-order valence-corrected chi connectivity index (χ4v) is 9.14. The van der Waals surface area contributed by atoms with Gasteiger partial charge < -0.3 is 4.42 Å². The first-order valence-corrected chi connectivity index (χ1v) is 18.4. The number of pyridine rings is 1. The zero-order valence-corrected chi connectivity index (χ0v) is 28.8. The van der Waals surface area contributed by atoms with Crippen molar-refractivity contribution in [1.82, 2.24) is 4.98 Å². The Morgan fingerprint density at radius 2 is 1.08 bits per heavy atom. The maximum atomic E-state index is 6.49. The molecule has 242 valence electrons. The molecule has 3 heterocycles. The quantitative estimate of drug-likeness (QED) is 0.185. The first-order chi connectivity index (χ1) is 25.8. The van der Waals surface area contributed by atoms with Gasteiger partial charge in [0.15, 0.2) is 0 Å². The third-order valence-corrected chi connectivity index (χ3v) is 11.6. The number of benzene rings is 8. The van der Waals surface area contributed by atoms with Crippen molar-refractivity contribution in [2.45, 2.75) is 0 Å². The minimum Gasteiger partial charge on any atom is -0.455 e. The van der Waals surface area contributed by atoms with Crippen LogP contribution in [0.1, 0.15) is 0 Å². The van der Waals surface area contributed by atoms with Crippen molar-refractivity contribution >= 4 is 75.0 Å². The van der Waals surface area contributed by atoms with Crippen molar-refractivity contribution in [2.75, 3.05) is 0 Å². The summed E-state index contributed by atoms with van der Waals surface area (Å²) in [5.41, 5.74) is 10.5. The zero-order chi connectivity index (χ0) is 34.2. The Kier molecular flexibility index (Phi) is 6.46. The van der Waals surface area contributed by atoms with Gasteiger partial charge in [-0.1, -0.05) is 140 Å². The van der Waals surface area contributed by atoms with Crippen LogP contribution in [0.3, 0.4) is 0 Å². The molecule has 0 amide bonds. The summed E-state index contributed by atoms with van der Waals surface area (Å²) in [6.07, 6.45) is 0. The molecular weight excluding hydrogens is 651 g/mol. The van der Waals surface area contributed by atoms with Crippen molar-refractivity contribution in [1.29, 1.82) is 0 Å². The molecule has 0 atom stereocenters. The molecule has 0 aliphatic carbocycles. The number of aromatic nitrogens is 1. The fourth-order valence-electron chi connectivity index (χ4n) is 8.01. The summed E-state index contributed by atoms with van der Waals surface area (Å²) in [6.45, 7) is 0. The van der Waals surface area contributed by atoms with Crippen LogP contribution in [0.15, 0.2) is 180 Å². The third-order valence-electron chi connectivity index (χ3n) is 10.5. The van der Waals surface area contributed by atoms with Crippen LogP contribution in [0, 0.1) is 0 Å². The summed E-state index contributed by atoms with van der Waals surface area (Å²) in [5.74, 6) is 0. The van der Waals surface area contributed by atoms with Gasteiger partial charge in [0.05, 0.1) is 11.4 Å². The molecule has 0 aliphatic heterocycles. The highest BCUT2D eigenvalue weighted by Gasteiger charge is 2.18. The standard InChI is InChI=1S/C49H29NOS/c1-3-11-30(12-4-1)37-19-10-20-39-40-28-34(21-24-43(40)51-49(37)39)33-16-9-17-35(27-33)42-29-41-38(48(50-42)32-14-5-2-6-15-32)23-26-45-47(41)46-36-18-8-7-13-31(36)22-25-44(46)52-45/h1-29H. The van der Waals surface area contributed by atoms with Gasteiger partial charge >= 0.3 is 0 Å². The van der Waals surface area contributed by atoms with E-state index in [0.29, 0.717) is 0 Å². The Bertz CT molecular complexity index is 3170. The summed E-state index contributed by atoms with van der Waals surface area (Å²) in [4.78, 5) is 5.42. The normalized spacial score (nSPS) is 11.8. The molecule has 0 aliphatic rings. The van der Waals surface area contributed by atoms with Crippen LogP contribution >= 0.6 is 11.3 Å². The van der Waals surface area contributed by atoms with Crippen molar-refractivity contribution < 1.29 is 4.42 Å². The van der Waals surface area contributed by atoms with E-state index >= 15 is 0 Å². The maximum absolute atomic E-state index is 6.49. The molecule has 0 N–H and O–H groups in total. The van der Waals surface area contributed by atoms with Crippen LogP contribution in [0.4, 0.5) is 0 Å². The number of para-hydroxylation sites is 1. The van der Waals surface area contributed by atoms with Crippen LogP contribution < -0.4 is 0 Å². The summed E-state index contributed by atoms with van der Waals surface area (Å²) in [6, 6.07) is 63.0. The summed E-state index contributed by atoms with van der Waals surface area (Å²) >= 11 is 1.87. The lowest BCUT2D eigenvalue weighted by Gasteiger charge is -2.13. The summed E-state index contributed by atoms with van der Waals surface area (Å²) in [5, 5.41) is 9.81. The van der Waals surface area contributed by atoms with Crippen LogP contribution in [-0.4, -0.2) is 4.98 Å². The number of hydrogen-bond donors (Lipinski definition) is 0. The molecule has 11 rings (SSSR count). The first-order valence-electron chi connectivity index (χ1n) is 17.6. The van der Waals surface area contributed by atoms with E-state index in [1.807, 2.05) is 17.4 Å². The Labute approximate surface area is 303 Å². The minimum atomic E-state index is 0.890. The van der Waals surface area contributed by atoms with Gasteiger partial charge in [0.2, 0.25) is 0 Å². The van der Waals surface area contributed by atoms with Crippen LogP contribution in [-0.2, 0) is 0 Å². The summed E-state index contributed by atoms with van der Waals surface area (Å²) < 4.78 is 9.09. The van der Waals surface area contributed by atoms with Crippen molar-refractivity contribution in [3.8, 4) is 44.8 Å². The number of nitrogens with zero attached hydrogens (tertiary/aromatic N) is 1. The molecule has 0 bridgehead atoms. The molecule has 0 fully saturated rings. The van der Waals surface area contributed by atoms with Crippen molar-refractivity contribution in [2.24, 2.45) is 0 Å². The topological polar surface area (TPSA) is 26.0 Å². The molecule has 3 heteroatoms. The highest BCUT2D eigenvalue weighted by atomic mass is 32.1. The molecule has 2 nitrogen and oxygen atoms in total. The van der Waals surface area contributed by atoms with Gasteiger partial charge in [-0.15, -0.1) is 11.3 Å². The number of furan rings is 1. The molecule has 0 unspecified atom stereocenters. The smallest absolute Gasteiger partial charge is 0.143 e. The van der Waals surface area contributed by atoms with E-state index in [0.717, 1.165) is 66.7 Å². The van der Waals surface area contributed by atoms with Crippen LogP contribution in [0.5, 0.6) is 0 Å². The van der Waals surface area contributed by atoms with Gasteiger partial charge in [-0.3, -0.25) is 0 Å². The fraction of sp³-hybridized carbons (Fsp3) is 0. The van der Waals surface area contributed by atoms with Gasteiger partial charge in [-0.2, -0.15) is 0 Å². The molecule has 52 heavy (non-hydrogen) atoms. The van der Waals surface area contributed by atoms with Crippen molar-refractivity contribution in [3.05, 3.63) is 176 Å². The average molecular weight is 680 g/mol. The van der Waals surface area contributed by atoms with E-state index in [-0.39, 0.29) is 0 Å². The zero-order valence-electron chi connectivity index (χ0n) is 28.0. The van der Waals surface area contributed by atoms with E-state index < -0.39 is 0 Å².